The van der Waals surface area contributed by atoms with Gasteiger partial charge < -0.3 is 10.2 Å². The van der Waals surface area contributed by atoms with Crippen LogP contribution in [0.3, 0.4) is 0 Å². The molecule has 0 unspecified atom stereocenters. The largest absolute Gasteiger partial charge is 0.339 e. The summed E-state index contributed by atoms with van der Waals surface area (Å²) in [5.41, 5.74) is 0.805. The van der Waals surface area contributed by atoms with Crippen molar-refractivity contribution in [2.45, 2.75) is 12.8 Å². The molecule has 1 N–H and O–H groups in total. The molecule has 92 valence electrons. The summed E-state index contributed by atoms with van der Waals surface area (Å²) in [6.07, 6.45) is 2.22. The van der Waals surface area contributed by atoms with Crippen LogP contribution in [0.1, 0.15) is 23.2 Å². The first-order chi connectivity index (χ1) is 8.31. The van der Waals surface area contributed by atoms with E-state index in [-0.39, 0.29) is 5.91 Å². The quantitative estimate of drug-likeness (QED) is 0.861. The number of carbonyl (C=O) groups is 1. The van der Waals surface area contributed by atoms with Crippen molar-refractivity contribution in [3.05, 3.63) is 35.9 Å². The first-order valence-corrected chi connectivity index (χ1v) is 6.30. The van der Waals surface area contributed by atoms with Crippen molar-refractivity contribution < 1.29 is 4.79 Å². The van der Waals surface area contributed by atoms with E-state index in [1.165, 1.54) is 0 Å². The fourth-order valence-corrected chi connectivity index (χ4v) is 2.39. The summed E-state index contributed by atoms with van der Waals surface area (Å²) in [4.78, 5) is 14.1. The van der Waals surface area contributed by atoms with E-state index in [1.54, 1.807) is 0 Å². The molecule has 1 fully saturated rings. The maximum atomic E-state index is 12.2. The van der Waals surface area contributed by atoms with Crippen LogP contribution in [0, 0.1) is 5.92 Å². The number of likely N-dealkylation sites (tertiary alicyclic amines) is 1. The predicted octanol–water partition coefficient (Wildman–Crippen LogP) is 1.76. The zero-order chi connectivity index (χ0) is 12.1. The Morgan fingerprint density at radius 3 is 2.53 bits per heavy atom. The Balaban J connectivity index is 1.91. The number of piperidine rings is 1. The molecule has 3 heteroatoms. The first-order valence-electron chi connectivity index (χ1n) is 6.30. The van der Waals surface area contributed by atoms with Crippen LogP contribution in [-0.4, -0.2) is 37.5 Å². The zero-order valence-electron chi connectivity index (χ0n) is 10.4. The summed E-state index contributed by atoms with van der Waals surface area (Å²) in [5, 5.41) is 3.21. The van der Waals surface area contributed by atoms with E-state index < -0.39 is 0 Å². The maximum absolute atomic E-state index is 12.2. The van der Waals surface area contributed by atoms with Crippen molar-refractivity contribution >= 4 is 5.91 Å². The third kappa shape index (κ3) is 3.07. The van der Waals surface area contributed by atoms with E-state index >= 15 is 0 Å². The third-order valence-electron chi connectivity index (χ3n) is 3.42. The van der Waals surface area contributed by atoms with Gasteiger partial charge in [-0.15, -0.1) is 0 Å². The van der Waals surface area contributed by atoms with Crippen LogP contribution in [0.5, 0.6) is 0 Å². The van der Waals surface area contributed by atoms with E-state index in [9.17, 15) is 4.79 Å². The summed E-state index contributed by atoms with van der Waals surface area (Å²) in [6, 6.07) is 9.56. The Bertz CT molecular complexity index is 356. The first kappa shape index (κ1) is 12.1. The molecule has 0 spiro atoms. The Kier molecular flexibility index (Phi) is 4.15. The molecule has 1 heterocycles. The number of hydrogen-bond donors (Lipinski definition) is 1. The van der Waals surface area contributed by atoms with Crippen molar-refractivity contribution in [2.75, 3.05) is 26.7 Å². The van der Waals surface area contributed by atoms with Gasteiger partial charge in [0.2, 0.25) is 0 Å². The summed E-state index contributed by atoms with van der Waals surface area (Å²) in [6.45, 7) is 2.84. The fraction of sp³-hybridized carbons (Fsp3) is 0.500. The second-order valence-electron chi connectivity index (χ2n) is 4.66. The highest BCUT2D eigenvalue weighted by Gasteiger charge is 2.22. The number of rotatable bonds is 3. The minimum Gasteiger partial charge on any atom is -0.339 e. The second-order valence-corrected chi connectivity index (χ2v) is 4.66. The second kappa shape index (κ2) is 5.82. The van der Waals surface area contributed by atoms with Crippen molar-refractivity contribution in [1.82, 2.24) is 10.2 Å². The highest BCUT2D eigenvalue weighted by molar-refractivity contribution is 5.94. The molecule has 0 atom stereocenters. The molecule has 1 aliphatic rings. The number of benzene rings is 1. The van der Waals surface area contributed by atoms with Crippen molar-refractivity contribution in [2.24, 2.45) is 5.92 Å². The van der Waals surface area contributed by atoms with Gasteiger partial charge in [-0.3, -0.25) is 4.79 Å². The average Bonchev–Trinajstić information content (AvgIpc) is 2.40. The SMILES string of the molecule is CNCC1CCN(C(=O)c2ccccc2)CC1. The molecule has 0 radical (unpaired) electrons. The van der Waals surface area contributed by atoms with Gasteiger partial charge in [-0.05, 0) is 44.5 Å². The van der Waals surface area contributed by atoms with Gasteiger partial charge in [0.1, 0.15) is 0 Å². The van der Waals surface area contributed by atoms with Crippen molar-refractivity contribution in [3.8, 4) is 0 Å². The highest BCUT2D eigenvalue weighted by atomic mass is 16.2. The lowest BCUT2D eigenvalue weighted by Crippen LogP contribution is -2.40. The molecular weight excluding hydrogens is 212 g/mol. The van der Waals surface area contributed by atoms with Gasteiger partial charge in [0.25, 0.3) is 5.91 Å². The van der Waals surface area contributed by atoms with E-state index in [0.717, 1.165) is 44.0 Å². The van der Waals surface area contributed by atoms with Gasteiger partial charge in [-0.25, -0.2) is 0 Å². The summed E-state index contributed by atoms with van der Waals surface area (Å²) in [5.74, 6) is 0.897. The molecule has 1 aromatic carbocycles. The van der Waals surface area contributed by atoms with Crippen LogP contribution in [0.25, 0.3) is 0 Å². The maximum Gasteiger partial charge on any atom is 0.253 e. The van der Waals surface area contributed by atoms with Crippen LogP contribution in [-0.2, 0) is 0 Å². The Morgan fingerprint density at radius 1 is 1.29 bits per heavy atom. The van der Waals surface area contributed by atoms with Crippen molar-refractivity contribution in [3.63, 3.8) is 0 Å². The standard InChI is InChI=1S/C14H20N2O/c1-15-11-12-7-9-16(10-8-12)14(17)13-5-3-2-4-6-13/h2-6,12,15H,7-11H2,1H3. The average molecular weight is 232 g/mol. The van der Waals surface area contributed by atoms with Crippen LogP contribution < -0.4 is 5.32 Å². The molecule has 1 amide bonds. The molecule has 17 heavy (non-hydrogen) atoms. The minimum absolute atomic E-state index is 0.175. The molecule has 1 aliphatic heterocycles. The molecule has 0 aliphatic carbocycles. The van der Waals surface area contributed by atoms with Crippen LogP contribution in [0.4, 0.5) is 0 Å². The molecule has 0 saturated carbocycles. The summed E-state index contributed by atoms with van der Waals surface area (Å²) < 4.78 is 0. The summed E-state index contributed by atoms with van der Waals surface area (Å²) in [7, 11) is 1.99. The van der Waals surface area contributed by atoms with E-state index in [4.69, 9.17) is 0 Å². The third-order valence-corrected chi connectivity index (χ3v) is 3.42. The predicted molar refractivity (Wildman–Crippen MR) is 69.0 cm³/mol. The van der Waals surface area contributed by atoms with Crippen LogP contribution >= 0.6 is 0 Å². The van der Waals surface area contributed by atoms with E-state index in [1.807, 2.05) is 42.3 Å². The van der Waals surface area contributed by atoms with Gasteiger partial charge in [0.05, 0.1) is 0 Å². The van der Waals surface area contributed by atoms with Gasteiger partial charge in [-0.1, -0.05) is 18.2 Å². The number of hydrogen-bond acceptors (Lipinski definition) is 2. The van der Waals surface area contributed by atoms with Crippen LogP contribution in [0.2, 0.25) is 0 Å². The molecule has 2 rings (SSSR count). The normalized spacial score (nSPS) is 17.1. The lowest BCUT2D eigenvalue weighted by molar-refractivity contribution is 0.0691. The number of nitrogens with one attached hydrogen (secondary N) is 1. The Labute approximate surface area is 103 Å². The molecule has 0 bridgehead atoms. The van der Waals surface area contributed by atoms with Gasteiger partial charge in [0, 0.05) is 18.7 Å². The lowest BCUT2D eigenvalue weighted by atomic mass is 9.96. The number of carbonyl (C=O) groups excluding carboxylic acids is 1. The Hall–Kier alpha value is -1.35. The van der Waals surface area contributed by atoms with E-state index in [0.29, 0.717) is 0 Å². The fourth-order valence-electron chi connectivity index (χ4n) is 2.39. The van der Waals surface area contributed by atoms with E-state index in [2.05, 4.69) is 5.32 Å². The van der Waals surface area contributed by atoms with Gasteiger partial charge in [0.15, 0.2) is 0 Å². The van der Waals surface area contributed by atoms with Gasteiger partial charge in [-0.2, -0.15) is 0 Å². The highest BCUT2D eigenvalue weighted by Crippen LogP contribution is 2.18. The number of nitrogens with zero attached hydrogens (tertiary/aromatic N) is 1. The molecular formula is C14H20N2O. The molecule has 0 aromatic heterocycles. The summed E-state index contributed by atoms with van der Waals surface area (Å²) >= 11 is 0. The molecule has 3 nitrogen and oxygen atoms in total. The number of amides is 1. The minimum atomic E-state index is 0.175. The van der Waals surface area contributed by atoms with Crippen molar-refractivity contribution in [1.29, 1.82) is 0 Å². The Morgan fingerprint density at radius 2 is 1.94 bits per heavy atom. The molecule has 1 aromatic rings. The topological polar surface area (TPSA) is 32.3 Å². The zero-order valence-corrected chi connectivity index (χ0v) is 10.4. The smallest absolute Gasteiger partial charge is 0.253 e. The lowest BCUT2D eigenvalue weighted by Gasteiger charge is -2.32. The van der Waals surface area contributed by atoms with Gasteiger partial charge >= 0.3 is 0 Å². The molecule has 1 saturated heterocycles. The van der Waals surface area contributed by atoms with Crippen LogP contribution in [0.15, 0.2) is 30.3 Å². The monoisotopic (exact) mass is 232 g/mol.